The number of anilines is 1. The summed E-state index contributed by atoms with van der Waals surface area (Å²) in [4.78, 5) is 44.0. The topological polar surface area (TPSA) is 115 Å². The molecule has 10 heteroatoms. The van der Waals surface area contributed by atoms with Crippen molar-refractivity contribution in [2.45, 2.75) is 63.4 Å². The van der Waals surface area contributed by atoms with Gasteiger partial charge in [-0.05, 0) is 60.2 Å². The summed E-state index contributed by atoms with van der Waals surface area (Å²) in [6.07, 6.45) is 6.13. The normalized spacial score (nSPS) is 33.4. The van der Waals surface area contributed by atoms with Gasteiger partial charge in [0.25, 0.3) is 0 Å². The maximum absolute atomic E-state index is 14.4. The summed E-state index contributed by atoms with van der Waals surface area (Å²) in [6, 6.07) is 11.6. The molecular formula is C33H37N3O7. The minimum Gasteiger partial charge on any atom is -0.497 e. The molecule has 1 aliphatic carbocycles. The van der Waals surface area contributed by atoms with Gasteiger partial charge in [0.1, 0.15) is 17.4 Å². The number of nitrogens with zero attached hydrogens (tertiary/aromatic N) is 1. The number of benzene rings is 2. The summed E-state index contributed by atoms with van der Waals surface area (Å²) >= 11 is 0. The maximum Gasteiger partial charge on any atom is 0.246 e. The Kier molecular flexibility index (Phi) is 6.84. The predicted molar refractivity (Wildman–Crippen MR) is 156 cm³/mol. The first-order valence-electron chi connectivity index (χ1n) is 15.1. The van der Waals surface area contributed by atoms with Crippen LogP contribution in [0.1, 0.15) is 38.7 Å². The lowest BCUT2D eigenvalue weighted by atomic mass is 9.73. The van der Waals surface area contributed by atoms with Crippen molar-refractivity contribution in [2.24, 2.45) is 23.7 Å². The van der Waals surface area contributed by atoms with Gasteiger partial charge in [-0.25, -0.2) is 0 Å². The molecule has 1 spiro atoms. The fourth-order valence-electron chi connectivity index (χ4n) is 7.62. The highest BCUT2D eigenvalue weighted by molar-refractivity contribution is 6.02. The zero-order valence-electron chi connectivity index (χ0n) is 24.6. The number of nitrogens with one attached hydrogen (secondary N) is 2. The molecule has 7 rings (SSSR count). The molecule has 0 radical (unpaired) electrons. The van der Waals surface area contributed by atoms with E-state index in [9.17, 15) is 14.4 Å². The highest BCUT2D eigenvalue weighted by atomic mass is 16.7. The predicted octanol–water partition coefficient (Wildman–Crippen LogP) is 3.65. The zero-order valence-corrected chi connectivity index (χ0v) is 24.6. The molecule has 4 aliphatic heterocycles. The average Bonchev–Trinajstić information content (AvgIpc) is 3.77. The van der Waals surface area contributed by atoms with Crippen LogP contribution in [0.3, 0.4) is 0 Å². The average molecular weight is 588 g/mol. The molecule has 0 aromatic heterocycles. The van der Waals surface area contributed by atoms with Gasteiger partial charge in [0.2, 0.25) is 24.5 Å². The Labute approximate surface area is 250 Å². The molecule has 8 atom stereocenters. The molecule has 10 nitrogen and oxygen atoms in total. The van der Waals surface area contributed by atoms with Crippen molar-refractivity contribution in [1.82, 2.24) is 10.2 Å². The lowest BCUT2D eigenvalue weighted by Gasteiger charge is -2.38. The van der Waals surface area contributed by atoms with Gasteiger partial charge in [-0.15, -0.1) is 0 Å². The summed E-state index contributed by atoms with van der Waals surface area (Å²) in [5.41, 5.74) is 0.140. The van der Waals surface area contributed by atoms with Crippen LogP contribution in [-0.2, 0) is 25.7 Å². The summed E-state index contributed by atoms with van der Waals surface area (Å²) < 4.78 is 22.8. The molecular weight excluding hydrogens is 550 g/mol. The molecule has 5 aliphatic rings. The number of hydrogen-bond acceptors (Lipinski definition) is 7. The lowest BCUT2D eigenvalue weighted by molar-refractivity contribution is -0.142. The van der Waals surface area contributed by atoms with E-state index in [0.717, 1.165) is 24.8 Å². The van der Waals surface area contributed by atoms with E-state index >= 15 is 0 Å². The Bertz CT molecular complexity index is 1480. The molecule has 2 aromatic carbocycles. The lowest BCUT2D eigenvalue weighted by Crippen LogP contribution is -2.57. The number of ether oxygens (including phenoxy) is 4. The van der Waals surface area contributed by atoms with Crippen molar-refractivity contribution >= 4 is 23.4 Å². The van der Waals surface area contributed by atoms with Crippen LogP contribution in [0, 0.1) is 23.7 Å². The second kappa shape index (κ2) is 10.6. The molecule has 2 bridgehead atoms. The number of methoxy groups -OCH3 is 1. The van der Waals surface area contributed by atoms with Crippen LogP contribution in [0.4, 0.5) is 5.69 Å². The molecule has 0 unspecified atom stereocenters. The van der Waals surface area contributed by atoms with Crippen LogP contribution in [-0.4, -0.2) is 60.3 Å². The fourth-order valence-corrected chi connectivity index (χ4v) is 7.62. The summed E-state index contributed by atoms with van der Waals surface area (Å²) in [7, 11) is 1.58. The first-order chi connectivity index (χ1) is 20.8. The summed E-state index contributed by atoms with van der Waals surface area (Å²) in [5.74, 6) is 0.243. The van der Waals surface area contributed by atoms with Crippen molar-refractivity contribution in [2.75, 3.05) is 19.2 Å². The third-order valence-electron chi connectivity index (χ3n) is 10.1. The standard InChI is InChI=1S/C33H37N3O7/c1-18-5-4-6-23(19(18)2)35-31(38)29-33-14-13-25(43-33)27(30(37)34-21-8-10-22(40-3)11-9-21)28(33)32(39)36(29)16-20-7-12-24-26(15-20)42-17-41-24/h7-15,18-19,23,25,27-29H,4-6,16-17H2,1-3H3,(H,34,37)(H,35,38)/t18-,19-,23+,25-,27+,28-,29-,33-/m0/s1. The molecule has 2 saturated heterocycles. The molecule has 3 amide bonds. The molecule has 43 heavy (non-hydrogen) atoms. The van der Waals surface area contributed by atoms with E-state index in [1.165, 1.54) is 0 Å². The number of hydrogen-bond donors (Lipinski definition) is 2. The molecule has 2 N–H and O–H groups in total. The Morgan fingerprint density at radius 2 is 1.84 bits per heavy atom. The Hall–Kier alpha value is -4.05. The molecule has 226 valence electrons. The fraction of sp³-hybridized carbons (Fsp3) is 0.485. The Morgan fingerprint density at radius 1 is 1.05 bits per heavy atom. The van der Waals surface area contributed by atoms with Crippen molar-refractivity contribution < 1.29 is 33.3 Å². The largest absolute Gasteiger partial charge is 0.497 e. The molecule has 1 saturated carbocycles. The van der Waals surface area contributed by atoms with Crippen molar-refractivity contribution in [1.29, 1.82) is 0 Å². The van der Waals surface area contributed by atoms with Crippen LogP contribution in [0.25, 0.3) is 0 Å². The van der Waals surface area contributed by atoms with E-state index in [1.807, 2.05) is 30.4 Å². The highest BCUT2D eigenvalue weighted by Gasteiger charge is 2.72. The second-order valence-electron chi connectivity index (χ2n) is 12.5. The number of amides is 3. The van der Waals surface area contributed by atoms with E-state index < -0.39 is 29.6 Å². The summed E-state index contributed by atoms with van der Waals surface area (Å²) in [6.45, 7) is 4.70. The minimum absolute atomic E-state index is 0.00551. The molecule has 4 heterocycles. The SMILES string of the molecule is COc1ccc(NC(=O)[C@@H]2[C@@H]3C=C[C@]4(O3)[C@@H]2C(=O)N(Cc2ccc3c(c2)OCO3)[C@H]4C(=O)N[C@@H]2CCC[C@H](C)[C@@H]2C)cc1. The van der Waals surface area contributed by atoms with E-state index in [-0.39, 0.29) is 37.1 Å². The Morgan fingerprint density at radius 3 is 2.63 bits per heavy atom. The quantitative estimate of drug-likeness (QED) is 0.475. The van der Waals surface area contributed by atoms with Crippen LogP contribution < -0.4 is 24.8 Å². The number of fused-ring (bicyclic) bond motifs is 2. The van der Waals surface area contributed by atoms with Crippen molar-refractivity contribution in [3.63, 3.8) is 0 Å². The van der Waals surface area contributed by atoms with Gasteiger partial charge in [0.15, 0.2) is 11.5 Å². The third kappa shape index (κ3) is 4.54. The van der Waals surface area contributed by atoms with E-state index in [4.69, 9.17) is 18.9 Å². The van der Waals surface area contributed by atoms with Gasteiger partial charge in [0.05, 0.1) is 25.0 Å². The zero-order chi connectivity index (χ0) is 29.9. The number of rotatable bonds is 7. The monoisotopic (exact) mass is 587 g/mol. The van der Waals surface area contributed by atoms with Gasteiger partial charge < -0.3 is 34.5 Å². The maximum atomic E-state index is 14.4. The summed E-state index contributed by atoms with van der Waals surface area (Å²) in [5, 5.41) is 6.25. The van der Waals surface area contributed by atoms with Crippen molar-refractivity contribution in [3.05, 3.63) is 60.2 Å². The van der Waals surface area contributed by atoms with Gasteiger partial charge in [0, 0.05) is 18.3 Å². The Balaban J connectivity index is 1.20. The van der Waals surface area contributed by atoms with Gasteiger partial charge in [-0.3, -0.25) is 14.4 Å². The molecule has 3 fully saturated rings. The number of carbonyl (C=O) groups excluding carboxylic acids is 3. The van der Waals surface area contributed by atoms with Gasteiger partial charge >= 0.3 is 0 Å². The van der Waals surface area contributed by atoms with Crippen LogP contribution >= 0.6 is 0 Å². The number of likely N-dealkylation sites (tertiary alicyclic amines) is 1. The third-order valence-corrected chi connectivity index (χ3v) is 10.1. The smallest absolute Gasteiger partial charge is 0.246 e. The van der Waals surface area contributed by atoms with Crippen LogP contribution in [0.15, 0.2) is 54.6 Å². The molecule has 2 aromatic rings. The second-order valence-corrected chi connectivity index (χ2v) is 12.5. The number of carbonyl (C=O) groups is 3. The van der Waals surface area contributed by atoms with E-state index in [1.54, 1.807) is 36.3 Å². The van der Waals surface area contributed by atoms with Crippen molar-refractivity contribution in [3.8, 4) is 17.2 Å². The highest BCUT2D eigenvalue weighted by Crippen LogP contribution is 2.55. The van der Waals surface area contributed by atoms with Gasteiger partial charge in [-0.2, -0.15) is 0 Å². The van der Waals surface area contributed by atoms with E-state index in [0.29, 0.717) is 34.8 Å². The van der Waals surface area contributed by atoms with Crippen LogP contribution in [0.5, 0.6) is 17.2 Å². The first-order valence-corrected chi connectivity index (χ1v) is 15.1. The van der Waals surface area contributed by atoms with E-state index in [2.05, 4.69) is 24.5 Å². The minimum atomic E-state index is -1.24. The van der Waals surface area contributed by atoms with Crippen LogP contribution in [0.2, 0.25) is 0 Å². The van der Waals surface area contributed by atoms with Gasteiger partial charge in [-0.1, -0.05) is 44.9 Å². The first kappa shape index (κ1) is 27.8.